The summed E-state index contributed by atoms with van der Waals surface area (Å²) in [6, 6.07) is 10.2. The fourth-order valence-corrected chi connectivity index (χ4v) is 3.87. The summed E-state index contributed by atoms with van der Waals surface area (Å²) in [6.07, 6.45) is 2.56. The highest BCUT2D eigenvalue weighted by Gasteiger charge is 2.44. The number of amides is 1. The number of likely N-dealkylation sites (tertiary alicyclic amines) is 1. The molecule has 2 aromatic rings. The predicted molar refractivity (Wildman–Crippen MR) is 85.3 cm³/mol. The van der Waals surface area contributed by atoms with E-state index in [0.29, 0.717) is 11.7 Å². The molecule has 0 aliphatic carbocycles. The van der Waals surface area contributed by atoms with Gasteiger partial charge in [-0.15, -0.1) is 0 Å². The fourth-order valence-electron chi connectivity index (χ4n) is 3.87. The van der Waals surface area contributed by atoms with Crippen LogP contribution in [0, 0.1) is 6.92 Å². The van der Waals surface area contributed by atoms with E-state index in [-0.39, 0.29) is 11.9 Å². The maximum absolute atomic E-state index is 12.9. The molecule has 2 aliphatic heterocycles. The largest absolute Gasteiger partial charge is 0.459 e. The summed E-state index contributed by atoms with van der Waals surface area (Å²) in [7, 11) is 2.16. The molecule has 1 saturated heterocycles. The van der Waals surface area contributed by atoms with Crippen LogP contribution in [-0.2, 0) is 0 Å². The van der Waals surface area contributed by atoms with Gasteiger partial charge in [0.05, 0.1) is 6.26 Å². The lowest BCUT2D eigenvalue weighted by Crippen LogP contribution is -2.47. The summed E-state index contributed by atoms with van der Waals surface area (Å²) in [6.45, 7) is 4.14. The van der Waals surface area contributed by atoms with E-state index in [4.69, 9.17) is 4.42 Å². The number of piperidine rings is 1. The Bertz CT molecular complexity index is 708. The predicted octanol–water partition coefficient (Wildman–Crippen LogP) is 3.04. The average molecular weight is 296 g/mol. The number of anilines is 1. The van der Waals surface area contributed by atoms with Gasteiger partial charge in [-0.3, -0.25) is 4.79 Å². The van der Waals surface area contributed by atoms with Gasteiger partial charge in [-0.1, -0.05) is 17.7 Å². The molecule has 1 amide bonds. The van der Waals surface area contributed by atoms with E-state index in [9.17, 15) is 4.79 Å². The van der Waals surface area contributed by atoms with Gasteiger partial charge in [-0.05, 0) is 50.7 Å². The second-order valence-electron chi connectivity index (χ2n) is 6.44. The van der Waals surface area contributed by atoms with Crippen molar-refractivity contribution in [3.05, 3.63) is 53.5 Å². The Balaban J connectivity index is 1.80. The molecule has 1 fully saturated rings. The van der Waals surface area contributed by atoms with Crippen molar-refractivity contribution in [2.75, 3.05) is 25.0 Å². The Hall–Kier alpha value is -2.07. The van der Waals surface area contributed by atoms with E-state index < -0.39 is 0 Å². The highest BCUT2D eigenvalue weighted by Crippen LogP contribution is 2.45. The zero-order valence-electron chi connectivity index (χ0n) is 13.0. The highest BCUT2D eigenvalue weighted by molar-refractivity contribution is 6.06. The third-order valence-electron chi connectivity index (χ3n) is 4.90. The Morgan fingerprint density at radius 1 is 1.32 bits per heavy atom. The van der Waals surface area contributed by atoms with Gasteiger partial charge in [0.15, 0.2) is 5.76 Å². The number of nitrogens with zero attached hydrogens (tertiary/aromatic N) is 2. The van der Waals surface area contributed by atoms with Crippen LogP contribution in [0.3, 0.4) is 0 Å². The first kappa shape index (κ1) is 13.6. The number of rotatable bonds is 1. The molecule has 1 aromatic carbocycles. The molecule has 0 saturated carbocycles. The van der Waals surface area contributed by atoms with Crippen molar-refractivity contribution in [1.29, 1.82) is 0 Å². The van der Waals surface area contributed by atoms with Gasteiger partial charge in [0.2, 0.25) is 0 Å². The van der Waals surface area contributed by atoms with Crippen molar-refractivity contribution in [3.8, 4) is 0 Å². The Kier molecular flexibility index (Phi) is 3.08. The SMILES string of the molecule is Cc1ccc2c(c1)[C@@H]1CN(C)CC[C@@H]1N2C(=O)c1ccco1. The molecule has 4 nitrogen and oxygen atoms in total. The molecular weight excluding hydrogens is 276 g/mol. The summed E-state index contributed by atoms with van der Waals surface area (Å²) in [5.41, 5.74) is 3.60. The molecule has 2 aliphatic rings. The first-order valence-electron chi connectivity index (χ1n) is 7.81. The lowest BCUT2D eigenvalue weighted by atomic mass is 9.89. The standard InChI is InChI=1S/C18H20N2O2/c1-12-5-6-15-13(10-12)14-11-19(2)8-7-16(14)20(15)18(21)17-4-3-9-22-17/h3-6,9-10,14,16H,7-8,11H2,1-2H3/t14-,16-/m0/s1. The van der Waals surface area contributed by atoms with Gasteiger partial charge < -0.3 is 14.2 Å². The molecule has 0 spiro atoms. The van der Waals surface area contributed by atoms with Gasteiger partial charge in [0, 0.05) is 24.2 Å². The van der Waals surface area contributed by atoms with Gasteiger partial charge in [-0.25, -0.2) is 0 Å². The summed E-state index contributed by atoms with van der Waals surface area (Å²) >= 11 is 0. The first-order chi connectivity index (χ1) is 10.6. The van der Waals surface area contributed by atoms with Crippen LogP contribution in [0.15, 0.2) is 41.0 Å². The van der Waals surface area contributed by atoms with E-state index >= 15 is 0 Å². The van der Waals surface area contributed by atoms with Gasteiger partial charge >= 0.3 is 0 Å². The molecule has 22 heavy (non-hydrogen) atoms. The number of furan rings is 1. The van der Waals surface area contributed by atoms with Crippen molar-refractivity contribution in [2.24, 2.45) is 0 Å². The van der Waals surface area contributed by atoms with Gasteiger partial charge in [0.1, 0.15) is 0 Å². The zero-order valence-corrected chi connectivity index (χ0v) is 13.0. The molecular formula is C18H20N2O2. The van der Waals surface area contributed by atoms with Crippen molar-refractivity contribution in [2.45, 2.75) is 25.3 Å². The minimum atomic E-state index is -0.0212. The van der Waals surface area contributed by atoms with Crippen LogP contribution >= 0.6 is 0 Å². The van der Waals surface area contributed by atoms with Gasteiger partial charge in [0.25, 0.3) is 5.91 Å². The molecule has 1 aromatic heterocycles. The van der Waals surface area contributed by atoms with E-state index in [1.165, 1.54) is 11.1 Å². The van der Waals surface area contributed by atoms with E-state index in [1.54, 1.807) is 18.4 Å². The first-order valence-corrected chi connectivity index (χ1v) is 7.81. The maximum atomic E-state index is 12.9. The Morgan fingerprint density at radius 3 is 2.95 bits per heavy atom. The number of likely N-dealkylation sites (N-methyl/N-ethyl adjacent to an activating group) is 1. The normalized spacial score (nSPS) is 24.2. The lowest BCUT2D eigenvalue weighted by molar-refractivity contribution is 0.0938. The number of fused-ring (bicyclic) bond motifs is 3. The van der Waals surface area contributed by atoms with Crippen LogP contribution in [0.2, 0.25) is 0 Å². The monoisotopic (exact) mass is 296 g/mol. The molecule has 2 atom stereocenters. The van der Waals surface area contributed by atoms with Crippen LogP contribution in [-0.4, -0.2) is 37.0 Å². The molecule has 0 radical (unpaired) electrons. The summed E-state index contributed by atoms with van der Waals surface area (Å²) in [5, 5.41) is 0. The number of hydrogen-bond donors (Lipinski definition) is 0. The molecule has 0 unspecified atom stereocenters. The molecule has 3 heterocycles. The molecule has 114 valence electrons. The molecule has 4 heteroatoms. The zero-order chi connectivity index (χ0) is 15.3. The van der Waals surface area contributed by atoms with Crippen LogP contribution in [0.5, 0.6) is 0 Å². The third-order valence-corrected chi connectivity index (χ3v) is 4.90. The van der Waals surface area contributed by atoms with E-state index in [0.717, 1.165) is 25.2 Å². The van der Waals surface area contributed by atoms with E-state index in [1.807, 2.05) is 4.90 Å². The smallest absolute Gasteiger partial charge is 0.294 e. The topological polar surface area (TPSA) is 36.7 Å². The maximum Gasteiger partial charge on any atom is 0.294 e. The van der Waals surface area contributed by atoms with Crippen LogP contribution in [0.25, 0.3) is 0 Å². The number of benzene rings is 1. The second kappa shape index (κ2) is 4.99. The number of aryl methyl sites for hydroxylation is 1. The van der Waals surface area contributed by atoms with Crippen molar-refractivity contribution in [3.63, 3.8) is 0 Å². The van der Waals surface area contributed by atoms with Crippen LogP contribution in [0.1, 0.15) is 34.0 Å². The van der Waals surface area contributed by atoms with E-state index in [2.05, 4.69) is 37.1 Å². The minimum absolute atomic E-state index is 0.0212. The molecule has 4 rings (SSSR count). The summed E-state index contributed by atoms with van der Waals surface area (Å²) < 4.78 is 5.35. The van der Waals surface area contributed by atoms with Crippen LogP contribution in [0.4, 0.5) is 5.69 Å². The fraction of sp³-hybridized carbons (Fsp3) is 0.389. The van der Waals surface area contributed by atoms with Gasteiger partial charge in [-0.2, -0.15) is 0 Å². The highest BCUT2D eigenvalue weighted by atomic mass is 16.3. The molecule has 0 bridgehead atoms. The molecule has 0 N–H and O–H groups in total. The number of carbonyl (C=O) groups excluding carboxylic acids is 1. The summed E-state index contributed by atoms with van der Waals surface area (Å²) in [5.74, 6) is 0.797. The Labute approximate surface area is 130 Å². The minimum Gasteiger partial charge on any atom is -0.459 e. The number of carbonyl (C=O) groups is 1. The quantitative estimate of drug-likeness (QED) is 0.811. The van der Waals surface area contributed by atoms with Crippen LogP contribution < -0.4 is 4.90 Å². The lowest BCUT2D eigenvalue weighted by Gasteiger charge is -2.36. The third kappa shape index (κ3) is 1.98. The Morgan fingerprint density at radius 2 is 2.18 bits per heavy atom. The summed E-state index contributed by atoms with van der Waals surface area (Å²) in [4.78, 5) is 17.2. The number of hydrogen-bond acceptors (Lipinski definition) is 3. The van der Waals surface area contributed by atoms with Crippen molar-refractivity contribution in [1.82, 2.24) is 4.90 Å². The average Bonchev–Trinajstić information content (AvgIpc) is 3.13. The van der Waals surface area contributed by atoms with Crippen molar-refractivity contribution >= 4 is 11.6 Å². The second-order valence-corrected chi connectivity index (χ2v) is 6.44. The van der Waals surface area contributed by atoms with Crippen molar-refractivity contribution < 1.29 is 9.21 Å².